The molecule has 1 fully saturated rings. The zero-order valence-corrected chi connectivity index (χ0v) is 13.0. The number of β-amino-alcohol motifs (C(OH)–C–C–N with tert-alkyl or cyclic N) is 2. The Kier molecular flexibility index (Phi) is 5.05. The van der Waals surface area contributed by atoms with Crippen LogP contribution in [0.1, 0.15) is 17.5 Å². The van der Waals surface area contributed by atoms with Crippen LogP contribution >= 0.6 is 0 Å². The van der Waals surface area contributed by atoms with Gasteiger partial charge < -0.3 is 20.1 Å². The van der Waals surface area contributed by atoms with E-state index < -0.39 is 17.7 Å². The van der Waals surface area contributed by atoms with E-state index in [-0.39, 0.29) is 26.1 Å². The normalized spacial score (nSPS) is 23.5. The van der Waals surface area contributed by atoms with Crippen molar-refractivity contribution in [1.82, 2.24) is 4.90 Å². The molecule has 1 heterocycles. The van der Waals surface area contributed by atoms with Crippen LogP contribution < -0.4 is 4.74 Å². The van der Waals surface area contributed by atoms with Gasteiger partial charge in [0.15, 0.2) is 5.60 Å². The van der Waals surface area contributed by atoms with E-state index in [1.54, 1.807) is 4.90 Å². The molecule has 0 amide bonds. The highest BCUT2D eigenvalue weighted by Gasteiger charge is 2.43. The first kappa shape index (κ1) is 16.7. The summed E-state index contributed by atoms with van der Waals surface area (Å²) >= 11 is 0. The molecule has 0 aliphatic carbocycles. The summed E-state index contributed by atoms with van der Waals surface area (Å²) < 4.78 is 5.58. The van der Waals surface area contributed by atoms with Gasteiger partial charge >= 0.3 is 5.97 Å². The molecular weight excluding hydrogens is 286 g/mol. The third-order valence-electron chi connectivity index (χ3n) is 3.83. The second-order valence-electron chi connectivity index (χ2n) is 6.11. The molecule has 2 atom stereocenters. The monoisotopic (exact) mass is 309 g/mol. The average molecular weight is 309 g/mol. The first-order valence-corrected chi connectivity index (χ1v) is 7.36. The van der Waals surface area contributed by atoms with Gasteiger partial charge in [0.05, 0.1) is 0 Å². The maximum Gasteiger partial charge on any atom is 0.337 e. The molecule has 122 valence electrons. The molecular formula is C16H23NO5. The highest BCUT2D eigenvalue weighted by molar-refractivity contribution is 5.77. The van der Waals surface area contributed by atoms with Gasteiger partial charge in [0.2, 0.25) is 0 Å². The van der Waals surface area contributed by atoms with E-state index in [1.807, 2.05) is 32.0 Å². The number of aryl methyl sites for hydroxylation is 2. The van der Waals surface area contributed by atoms with Crippen LogP contribution in [0.3, 0.4) is 0 Å². The minimum Gasteiger partial charge on any atom is -0.491 e. The van der Waals surface area contributed by atoms with Crippen LogP contribution in [0.5, 0.6) is 5.75 Å². The molecule has 1 aromatic rings. The van der Waals surface area contributed by atoms with Crippen LogP contribution in [0, 0.1) is 13.8 Å². The summed E-state index contributed by atoms with van der Waals surface area (Å²) in [5.74, 6) is -0.504. The number of likely N-dealkylation sites (tertiary alicyclic amines) is 1. The van der Waals surface area contributed by atoms with Crippen molar-refractivity contribution in [3.05, 3.63) is 29.3 Å². The molecule has 0 spiro atoms. The fourth-order valence-corrected chi connectivity index (χ4v) is 2.76. The summed E-state index contributed by atoms with van der Waals surface area (Å²) in [6, 6.07) is 5.84. The molecule has 6 nitrogen and oxygen atoms in total. The molecule has 1 aliphatic rings. The lowest BCUT2D eigenvalue weighted by molar-refractivity contribution is -0.157. The SMILES string of the molecule is Cc1cc(C)cc(OCC(O)CN2CCC(O)(C(=O)O)C2)c1. The lowest BCUT2D eigenvalue weighted by Gasteiger charge is -2.22. The Morgan fingerprint density at radius 3 is 2.55 bits per heavy atom. The fourth-order valence-electron chi connectivity index (χ4n) is 2.76. The number of carboxylic acids is 1. The number of aliphatic hydroxyl groups is 2. The molecule has 1 saturated heterocycles. The van der Waals surface area contributed by atoms with Crippen molar-refractivity contribution in [3.8, 4) is 5.75 Å². The second-order valence-corrected chi connectivity index (χ2v) is 6.11. The van der Waals surface area contributed by atoms with Crippen LogP contribution in [-0.2, 0) is 4.79 Å². The first-order chi connectivity index (χ1) is 10.3. The Bertz CT molecular complexity index is 527. The topological polar surface area (TPSA) is 90.2 Å². The van der Waals surface area contributed by atoms with E-state index in [1.165, 1.54) is 0 Å². The van der Waals surface area contributed by atoms with Gasteiger partial charge in [0.25, 0.3) is 0 Å². The zero-order chi connectivity index (χ0) is 16.3. The molecule has 0 saturated carbocycles. The quantitative estimate of drug-likeness (QED) is 0.711. The van der Waals surface area contributed by atoms with Crippen molar-refractivity contribution in [2.24, 2.45) is 0 Å². The van der Waals surface area contributed by atoms with Crippen molar-refractivity contribution >= 4 is 5.97 Å². The summed E-state index contributed by atoms with van der Waals surface area (Å²) in [6.07, 6.45) is -0.565. The molecule has 2 rings (SSSR count). The number of hydrogen-bond acceptors (Lipinski definition) is 5. The molecule has 22 heavy (non-hydrogen) atoms. The van der Waals surface area contributed by atoms with E-state index in [9.17, 15) is 15.0 Å². The number of ether oxygens (including phenoxy) is 1. The molecule has 0 radical (unpaired) electrons. The van der Waals surface area contributed by atoms with E-state index in [0.29, 0.717) is 12.3 Å². The molecule has 0 bridgehead atoms. The van der Waals surface area contributed by atoms with E-state index in [4.69, 9.17) is 9.84 Å². The molecule has 3 N–H and O–H groups in total. The number of carbonyl (C=O) groups is 1. The Morgan fingerprint density at radius 2 is 2.00 bits per heavy atom. The van der Waals surface area contributed by atoms with Crippen molar-refractivity contribution in [3.63, 3.8) is 0 Å². The Morgan fingerprint density at radius 1 is 1.36 bits per heavy atom. The fraction of sp³-hybridized carbons (Fsp3) is 0.562. The van der Waals surface area contributed by atoms with Gasteiger partial charge in [-0.25, -0.2) is 4.79 Å². The highest BCUT2D eigenvalue weighted by Crippen LogP contribution is 2.22. The van der Waals surface area contributed by atoms with Crippen LogP contribution in [-0.4, -0.2) is 64.1 Å². The summed E-state index contributed by atoms with van der Waals surface area (Å²) in [7, 11) is 0. The lowest BCUT2D eigenvalue weighted by atomic mass is 10.0. The highest BCUT2D eigenvalue weighted by atomic mass is 16.5. The number of rotatable bonds is 6. The Labute approximate surface area is 129 Å². The third kappa shape index (κ3) is 4.19. The minimum absolute atomic E-state index is 0.0307. The number of nitrogens with zero attached hydrogens (tertiary/aromatic N) is 1. The molecule has 1 aliphatic heterocycles. The minimum atomic E-state index is -1.70. The van der Waals surface area contributed by atoms with Gasteiger partial charge in [-0.05, 0) is 37.1 Å². The first-order valence-electron chi connectivity index (χ1n) is 7.36. The second kappa shape index (κ2) is 6.64. The van der Waals surface area contributed by atoms with Gasteiger partial charge in [-0.1, -0.05) is 6.07 Å². The number of aliphatic hydroxyl groups excluding tert-OH is 1. The summed E-state index contributed by atoms with van der Waals surface area (Å²) in [6.45, 7) is 4.85. The van der Waals surface area contributed by atoms with Gasteiger partial charge in [-0.2, -0.15) is 0 Å². The van der Waals surface area contributed by atoms with Crippen molar-refractivity contribution < 1.29 is 24.9 Å². The number of aliphatic carboxylic acids is 1. The smallest absolute Gasteiger partial charge is 0.337 e. The Balaban J connectivity index is 1.81. The van der Waals surface area contributed by atoms with Crippen molar-refractivity contribution in [2.75, 3.05) is 26.2 Å². The van der Waals surface area contributed by atoms with Crippen LogP contribution in [0.2, 0.25) is 0 Å². The summed E-state index contributed by atoms with van der Waals surface area (Å²) in [5, 5.41) is 28.9. The average Bonchev–Trinajstić information content (AvgIpc) is 2.78. The van der Waals surface area contributed by atoms with Gasteiger partial charge in [0, 0.05) is 26.1 Å². The Hall–Kier alpha value is -1.63. The van der Waals surface area contributed by atoms with Gasteiger partial charge in [-0.15, -0.1) is 0 Å². The predicted octanol–water partition coefficient (Wildman–Crippen LogP) is 0.565. The maximum atomic E-state index is 11.0. The molecule has 1 aromatic carbocycles. The standard InChI is InChI=1S/C16H23NO5/c1-11-5-12(2)7-14(6-11)22-9-13(18)8-17-4-3-16(21,10-17)15(19)20/h5-7,13,18,21H,3-4,8-10H2,1-2H3,(H,19,20). The van der Waals surface area contributed by atoms with Crippen LogP contribution in [0.15, 0.2) is 18.2 Å². The van der Waals surface area contributed by atoms with Gasteiger partial charge in [-0.3, -0.25) is 4.90 Å². The lowest BCUT2D eigenvalue weighted by Crippen LogP contribution is -2.43. The molecule has 6 heteroatoms. The maximum absolute atomic E-state index is 11.0. The number of hydrogen-bond donors (Lipinski definition) is 3. The summed E-state index contributed by atoms with van der Waals surface area (Å²) in [4.78, 5) is 12.7. The summed E-state index contributed by atoms with van der Waals surface area (Å²) in [5.41, 5.74) is 0.486. The molecule has 0 aromatic heterocycles. The van der Waals surface area contributed by atoms with E-state index in [2.05, 4.69) is 0 Å². The van der Waals surface area contributed by atoms with Crippen LogP contribution in [0.25, 0.3) is 0 Å². The van der Waals surface area contributed by atoms with Gasteiger partial charge in [0.1, 0.15) is 18.5 Å². The molecule has 2 unspecified atom stereocenters. The largest absolute Gasteiger partial charge is 0.491 e. The number of carboxylic acid groups (broad SMARTS) is 1. The number of benzene rings is 1. The third-order valence-corrected chi connectivity index (χ3v) is 3.83. The van der Waals surface area contributed by atoms with Crippen molar-refractivity contribution in [2.45, 2.75) is 32.0 Å². The van der Waals surface area contributed by atoms with Crippen LogP contribution in [0.4, 0.5) is 0 Å². The predicted molar refractivity (Wildman–Crippen MR) is 81.1 cm³/mol. The zero-order valence-electron chi connectivity index (χ0n) is 13.0. The van der Waals surface area contributed by atoms with E-state index in [0.717, 1.165) is 11.1 Å². The van der Waals surface area contributed by atoms with Crippen molar-refractivity contribution in [1.29, 1.82) is 0 Å². The van der Waals surface area contributed by atoms with E-state index >= 15 is 0 Å².